The van der Waals surface area contributed by atoms with Gasteiger partial charge in [-0.2, -0.15) is 0 Å². The minimum absolute atomic E-state index is 0.0303. The van der Waals surface area contributed by atoms with Crippen LogP contribution in [0.2, 0.25) is 0 Å². The van der Waals surface area contributed by atoms with E-state index in [9.17, 15) is 70.9 Å². The van der Waals surface area contributed by atoms with Crippen molar-refractivity contribution in [2.24, 2.45) is 46.3 Å². The molecule has 0 radical (unpaired) electrons. The second-order valence-electron chi connectivity index (χ2n) is 22.7. The molecule has 9 rings (SSSR count). The average Bonchev–Trinajstić information content (AvgIpc) is 3.84. The molecule has 4 aliphatic carbocycles. The number of carbonyl (C=O) groups is 2. The Morgan fingerprint density at radius 2 is 1.33 bits per heavy atom. The molecule has 12 N–H and O–H groups in total. The number of ketones is 2. The topological polar surface area (TPSA) is 360 Å². The molecule has 5 heterocycles. The Balaban J connectivity index is 0.830. The molecule has 0 bridgehead atoms. The van der Waals surface area contributed by atoms with Gasteiger partial charge in [-0.1, -0.05) is 20.8 Å². The smallest absolute Gasteiger partial charge is 0.186 e. The van der Waals surface area contributed by atoms with Gasteiger partial charge in [0.1, 0.15) is 103 Å². The van der Waals surface area contributed by atoms with Crippen LogP contribution in [0.5, 0.6) is 0 Å². The molecule has 8 fully saturated rings. The number of allylic oxidation sites excluding steroid dienone is 1. The van der Waals surface area contributed by atoms with E-state index in [1.54, 1.807) is 0 Å². The first kappa shape index (κ1) is 54.9. The molecule has 5 unspecified atom stereocenters. The van der Waals surface area contributed by atoms with Crippen LogP contribution in [-0.2, 0) is 52.2 Å². The van der Waals surface area contributed by atoms with E-state index in [0.29, 0.717) is 38.5 Å². The molecule has 0 aromatic heterocycles. The Labute approximate surface area is 416 Å². The van der Waals surface area contributed by atoms with Gasteiger partial charge in [-0.25, -0.2) is 0 Å². The van der Waals surface area contributed by atoms with Crippen LogP contribution in [0.25, 0.3) is 0 Å². The van der Waals surface area contributed by atoms with Crippen molar-refractivity contribution in [3.8, 4) is 0 Å². The molecule has 0 aromatic carbocycles. The maximum absolute atomic E-state index is 14.7. The molecule has 23 heteroatoms. The van der Waals surface area contributed by atoms with Crippen LogP contribution in [0, 0.1) is 46.3 Å². The highest BCUT2D eigenvalue weighted by molar-refractivity contribution is 5.90. The fraction of sp³-hybridized carbons (Fsp3) is 0.918. The lowest BCUT2D eigenvalue weighted by Crippen LogP contribution is -2.64. The maximum Gasteiger partial charge on any atom is 0.186 e. The Bertz CT molecular complexity index is 1960. The van der Waals surface area contributed by atoms with Crippen molar-refractivity contribution in [1.29, 1.82) is 0 Å². The molecule has 410 valence electrons. The normalized spacial score (nSPS) is 52.0. The molecular formula is C49H76O23. The number of aliphatic hydroxyl groups is 12. The number of rotatable bonds is 14. The van der Waals surface area contributed by atoms with E-state index in [0.717, 1.165) is 11.3 Å². The molecule has 9 aliphatic rings. The number of fused-ring (bicyclic) bond motifs is 7. The van der Waals surface area contributed by atoms with Gasteiger partial charge in [0.2, 0.25) is 0 Å². The highest BCUT2D eigenvalue weighted by Crippen LogP contribution is 2.68. The lowest BCUT2D eigenvalue weighted by molar-refractivity contribution is -0.361. The van der Waals surface area contributed by atoms with Gasteiger partial charge >= 0.3 is 0 Å². The number of aliphatic hydroxyl groups excluding tert-OH is 12. The third-order valence-electron chi connectivity index (χ3n) is 18.3. The van der Waals surface area contributed by atoms with Crippen molar-refractivity contribution < 1.29 is 113 Å². The number of Topliss-reactive ketones (excluding diaryl/α,β-unsaturated/α-hetero) is 2. The summed E-state index contributed by atoms with van der Waals surface area (Å²) in [7, 11) is 0. The molecule has 0 spiro atoms. The van der Waals surface area contributed by atoms with Crippen molar-refractivity contribution in [3.63, 3.8) is 0 Å². The zero-order chi connectivity index (χ0) is 51.9. The Kier molecular flexibility index (Phi) is 16.4. The van der Waals surface area contributed by atoms with Crippen LogP contribution in [0.3, 0.4) is 0 Å². The summed E-state index contributed by atoms with van der Waals surface area (Å²) in [5, 5.41) is 125. The predicted molar refractivity (Wildman–Crippen MR) is 239 cm³/mol. The Hall–Kier alpha value is -1.92. The van der Waals surface area contributed by atoms with Crippen LogP contribution >= 0.6 is 0 Å². The molecular weight excluding hydrogens is 957 g/mol. The van der Waals surface area contributed by atoms with E-state index >= 15 is 0 Å². The van der Waals surface area contributed by atoms with Crippen molar-refractivity contribution >= 4 is 11.6 Å². The second kappa shape index (κ2) is 21.5. The summed E-state index contributed by atoms with van der Waals surface area (Å²) in [6.07, 6.45) is -24.4. The summed E-state index contributed by atoms with van der Waals surface area (Å²) >= 11 is 0. The molecule has 28 atom stereocenters. The summed E-state index contributed by atoms with van der Waals surface area (Å²) in [6.45, 7) is 6.45. The summed E-state index contributed by atoms with van der Waals surface area (Å²) in [4.78, 5) is 29.2. The first-order valence-electron chi connectivity index (χ1n) is 25.7. The zero-order valence-corrected chi connectivity index (χ0v) is 41.1. The third-order valence-corrected chi connectivity index (χ3v) is 18.3. The largest absolute Gasteiger partial charge is 0.494 e. The van der Waals surface area contributed by atoms with Crippen molar-refractivity contribution in [1.82, 2.24) is 0 Å². The van der Waals surface area contributed by atoms with E-state index in [1.165, 1.54) is 0 Å². The minimum Gasteiger partial charge on any atom is -0.494 e. The standard InChI is InChI=1S/C49H76O23/c1-18(14-64-45-41(62)37(58)36(57)30(13-50)70-45)5-6-28-19(2)33-29(69-28)11-23-21-10-25(51)24-9-20(7-8-48(24,3)22(21)12-32(54)49(23,33)4)68-47-42(63)38(59)43(72-46-40(61)35(56)27(53)16-66-46)31(71-47)17-67-44-39(60)34(55)26(52)15-65-44/h18,20-24,26-27,29-31,33-47,50,52-53,55-63H,5-17H2,1-4H3/t18-,20+,21?,22?,23?,24-,26-,27+,29?,30-,31-,33?,34+,35+,36-,37+,38-,39-,40-,41-,42-,43-,44-,45-,46-,47-,48-,49-/m1/s1. The maximum atomic E-state index is 14.7. The van der Waals surface area contributed by atoms with Gasteiger partial charge in [-0.05, 0) is 73.7 Å². The Morgan fingerprint density at radius 3 is 2.03 bits per heavy atom. The van der Waals surface area contributed by atoms with Crippen LogP contribution in [0.4, 0.5) is 0 Å². The van der Waals surface area contributed by atoms with E-state index in [2.05, 4.69) is 6.92 Å². The fourth-order valence-corrected chi connectivity index (χ4v) is 14.0. The molecule has 4 saturated heterocycles. The number of hydrogen-bond donors (Lipinski definition) is 12. The SMILES string of the molecule is CC1=C(CC[C@@H](C)CO[C@@H]2O[C@H](CO)[C@@H](O)[C@H](O)[C@H]2O)OC2CC3C4CC(=O)[C@H]5C[C@@H](O[C@@H]6O[C@H](CO[C@H]7OC[C@@H](O)[C@H](O)[C@H]7O)[C@@H](O[C@H]7OC[C@H](O)[C@H](O)[C@H]7O)[C@H](O)[C@H]6O)CC[C@]5(C)C4CC(=O)[C@]3(C)C12. The van der Waals surface area contributed by atoms with E-state index < -0.39 is 153 Å². The van der Waals surface area contributed by atoms with Gasteiger partial charge in [-0.3, -0.25) is 9.59 Å². The Morgan fingerprint density at radius 1 is 0.694 bits per heavy atom. The van der Waals surface area contributed by atoms with Gasteiger partial charge in [0.05, 0.1) is 44.9 Å². The van der Waals surface area contributed by atoms with E-state index in [-0.39, 0.29) is 73.3 Å². The summed E-state index contributed by atoms with van der Waals surface area (Å²) < 4.78 is 52.9. The van der Waals surface area contributed by atoms with Crippen molar-refractivity contribution in [2.75, 3.05) is 33.0 Å². The summed E-state index contributed by atoms with van der Waals surface area (Å²) in [6, 6.07) is 0. The third kappa shape index (κ3) is 9.77. The highest BCUT2D eigenvalue weighted by Gasteiger charge is 2.69. The molecule has 4 saturated carbocycles. The zero-order valence-electron chi connectivity index (χ0n) is 41.1. The number of ether oxygens (including phenoxy) is 9. The predicted octanol–water partition coefficient (Wildman–Crippen LogP) is -3.37. The monoisotopic (exact) mass is 1030 g/mol. The van der Waals surface area contributed by atoms with Gasteiger partial charge in [0.15, 0.2) is 25.2 Å². The van der Waals surface area contributed by atoms with Crippen LogP contribution in [0.1, 0.15) is 79.1 Å². The molecule has 5 aliphatic heterocycles. The van der Waals surface area contributed by atoms with Crippen LogP contribution in [-0.4, -0.2) is 229 Å². The minimum atomic E-state index is -1.78. The molecule has 23 nitrogen and oxygen atoms in total. The van der Waals surface area contributed by atoms with E-state index in [4.69, 9.17) is 42.6 Å². The number of carbonyl (C=O) groups excluding carboxylic acids is 2. The van der Waals surface area contributed by atoms with E-state index in [1.807, 2.05) is 20.8 Å². The molecule has 72 heavy (non-hydrogen) atoms. The average molecular weight is 1030 g/mol. The fourth-order valence-electron chi connectivity index (χ4n) is 14.0. The summed E-state index contributed by atoms with van der Waals surface area (Å²) in [5.74, 6) is 0.192. The van der Waals surface area contributed by atoms with Crippen molar-refractivity contribution in [2.45, 2.75) is 202 Å². The molecule has 0 amide bonds. The van der Waals surface area contributed by atoms with Crippen LogP contribution < -0.4 is 0 Å². The first-order chi connectivity index (χ1) is 34.1. The highest BCUT2D eigenvalue weighted by atomic mass is 16.8. The van der Waals surface area contributed by atoms with Crippen molar-refractivity contribution in [3.05, 3.63) is 11.3 Å². The van der Waals surface area contributed by atoms with Gasteiger partial charge < -0.3 is 104 Å². The van der Waals surface area contributed by atoms with Crippen LogP contribution in [0.15, 0.2) is 11.3 Å². The lowest BCUT2D eigenvalue weighted by Gasteiger charge is -2.59. The second-order valence-corrected chi connectivity index (χ2v) is 22.7. The lowest BCUT2D eigenvalue weighted by atomic mass is 9.44. The molecule has 0 aromatic rings. The summed E-state index contributed by atoms with van der Waals surface area (Å²) in [5.41, 5.74) is -0.248. The van der Waals surface area contributed by atoms with Gasteiger partial charge in [-0.15, -0.1) is 0 Å². The van der Waals surface area contributed by atoms with Gasteiger partial charge in [0.25, 0.3) is 0 Å². The number of hydrogen-bond acceptors (Lipinski definition) is 23. The quantitative estimate of drug-likeness (QED) is 0.0756. The first-order valence-corrected chi connectivity index (χ1v) is 25.7. The van der Waals surface area contributed by atoms with Gasteiger partial charge in [0, 0.05) is 36.5 Å².